The zero-order valence-corrected chi connectivity index (χ0v) is 10.9. The predicted molar refractivity (Wildman–Crippen MR) is 66.6 cm³/mol. The molecule has 0 atom stereocenters. The van der Waals surface area contributed by atoms with Crippen LogP contribution in [0.3, 0.4) is 0 Å². The summed E-state index contributed by atoms with van der Waals surface area (Å²) in [5.41, 5.74) is 0.484. The molecule has 1 aromatic carbocycles. The first-order valence-corrected chi connectivity index (χ1v) is 5.52. The van der Waals surface area contributed by atoms with E-state index in [4.69, 9.17) is 14.2 Å². The number of methoxy groups -OCH3 is 3. The average molecular weight is 266 g/mol. The van der Waals surface area contributed by atoms with Crippen molar-refractivity contribution in [3.8, 4) is 17.2 Å². The fraction of sp³-hybridized carbons (Fsp3) is 0.308. The van der Waals surface area contributed by atoms with Crippen LogP contribution >= 0.6 is 0 Å². The summed E-state index contributed by atoms with van der Waals surface area (Å²) >= 11 is 0. The second kappa shape index (κ2) is 5.09. The van der Waals surface area contributed by atoms with Crippen LogP contribution in [0.1, 0.15) is 5.56 Å². The molecule has 0 radical (unpaired) electrons. The van der Waals surface area contributed by atoms with Gasteiger partial charge in [0.15, 0.2) is 11.5 Å². The number of hydrogen-bond donors (Lipinski definition) is 1. The summed E-state index contributed by atoms with van der Waals surface area (Å²) in [7, 11) is 4.23. The molecule has 0 aromatic heterocycles. The molecule has 102 valence electrons. The van der Waals surface area contributed by atoms with Crippen LogP contribution < -0.4 is 14.2 Å². The van der Waals surface area contributed by atoms with Gasteiger partial charge in [0.05, 0.1) is 21.3 Å². The Bertz CT molecular complexity index is 546. The molecule has 0 bridgehead atoms. The molecule has 0 unspecified atom stereocenters. The first-order valence-electron chi connectivity index (χ1n) is 5.52. The van der Waals surface area contributed by atoms with Crippen LogP contribution in [0.4, 0.5) is 0 Å². The number of aliphatic hydroxyl groups is 1. The third-order valence-corrected chi connectivity index (χ3v) is 2.80. The molecule has 0 fully saturated rings. The van der Waals surface area contributed by atoms with Crippen LogP contribution in [0.15, 0.2) is 17.9 Å². The number of aliphatic hydroxyl groups excluding tert-OH is 1. The highest BCUT2D eigenvalue weighted by molar-refractivity contribution is 6.18. The lowest BCUT2D eigenvalue weighted by Crippen LogP contribution is -2.17. The molecule has 6 heteroatoms. The highest BCUT2D eigenvalue weighted by atomic mass is 16.5. The van der Waals surface area contributed by atoms with Crippen molar-refractivity contribution < 1.29 is 28.8 Å². The van der Waals surface area contributed by atoms with E-state index in [0.29, 0.717) is 22.8 Å². The Morgan fingerprint density at radius 1 is 1.21 bits per heavy atom. The quantitative estimate of drug-likeness (QED) is 0.836. The average Bonchev–Trinajstić information content (AvgIpc) is 2.44. The summed E-state index contributed by atoms with van der Waals surface area (Å²) in [5.74, 6) is 0.532. The van der Waals surface area contributed by atoms with Crippen LogP contribution in [0.25, 0.3) is 5.57 Å². The van der Waals surface area contributed by atoms with E-state index in [-0.39, 0.29) is 17.9 Å². The van der Waals surface area contributed by atoms with Crippen molar-refractivity contribution in [2.45, 2.75) is 0 Å². The largest absolute Gasteiger partial charge is 0.508 e. The zero-order valence-electron chi connectivity index (χ0n) is 10.9. The van der Waals surface area contributed by atoms with E-state index in [1.54, 1.807) is 12.1 Å². The molecule has 19 heavy (non-hydrogen) atoms. The fourth-order valence-electron chi connectivity index (χ4n) is 1.88. The summed E-state index contributed by atoms with van der Waals surface area (Å²) < 4.78 is 20.3. The monoisotopic (exact) mass is 266 g/mol. The number of ether oxygens (including phenoxy) is 4. The number of esters is 1. The Balaban J connectivity index is 2.61. The molecule has 0 spiro atoms. The molecule has 1 heterocycles. The third kappa shape index (κ3) is 2.16. The lowest BCUT2D eigenvalue weighted by molar-refractivity contribution is -0.133. The minimum Gasteiger partial charge on any atom is -0.508 e. The van der Waals surface area contributed by atoms with Gasteiger partial charge in [0.25, 0.3) is 0 Å². The number of benzene rings is 1. The lowest BCUT2D eigenvalue weighted by atomic mass is 10.0. The van der Waals surface area contributed by atoms with E-state index in [9.17, 15) is 9.90 Å². The molecule has 0 saturated carbocycles. The highest BCUT2D eigenvalue weighted by Crippen LogP contribution is 2.41. The van der Waals surface area contributed by atoms with Gasteiger partial charge in [-0.1, -0.05) is 0 Å². The van der Waals surface area contributed by atoms with Crippen molar-refractivity contribution in [2.75, 3.05) is 27.9 Å². The summed E-state index contributed by atoms with van der Waals surface area (Å²) in [6.45, 7) is -0.0904. The summed E-state index contributed by atoms with van der Waals surface area (Å²) in [4.78, 5) is 11.7. The number of rotatable bonds is 3. The Kier molecular flexibility index (Phi) is 3.50. The van der Waals surface area contributed by atoms with E-state index < -0.39 is 5.97 Å². The second-order valence-corrected chi connectivity index (χ2v) is 3.81. The molecule has 0 saturated heterocycles. The van der Waals surface area contributed by atoms with E-state index in [1.807, 2.05) is 0 Å². The van der Waals surface area contributed by atoms with Gasteiger partial charge in [-0.25, -0.2) is 4.79 Å². The van der Waals surface area contributed by atoms with Crippen molar-refractivity contribution >= 4 is 11.5 Å². The van der Waals surface area contributed by atoms with Gasteiger partial charge in [0.2, 0.25) is 0 Å². The van der Waals surface area contributed by atoms with Gasteiger partial charge in [-0.2, -0.15) is 0 Å². The van der Waals surface area contributed by atoms with Crippen molar-refractivity contribution in [2.24, 2.45) is 0 Å². The molecule has 0 aliphatic carbocycles. The van der Waals surface area contributed by atoms with Crippen LogP contribution in [0.2, 0.25) is 0 Å². The number of carbonyl (C=O) groups excluding carboxylic acids is 1. The van der Waals surface area contributed by atoms with E-state index in [2.05, 4.69) is 4.74 Å². The smallest absolute Gasteiger partial charge is 0.342 e. The fourth-order valence-corrected chi connectivity index (χ4v) is 1.88. The summed E-state index contributed by atoms with van der Waals surface area (Å²) in [6.07, 6.45) is 0. The van der Waals surface area contributed by atoms with Gasteiger partial charge >= 0.3 is 5.97 Å². The van der Waals surface area contributed by atoms with Gasteiger partial charge < -0.3 is 24.1 Å². The van der Waals surface area contributed by atoms with Crippen molar-refractivity contribution in [3.05, 3.63) is 23.5 Å². The van der Waals surface area contributed by atoms with E-state index >= 15 is 0 Å². The lowest BCUT2D eigenvalue weighted by Gasteiger charge is -2.21. The third-order valence-electron chi connectivity index (χ3n) is 2.80. The van der Waals surface area contributed by atoms with Crippen LogP contribution in [0.5, 0.6) is 17.2 Å². The molecule has 1 aliphatic heterocycles. The van der Waals surface area contributed by atoms with Crippen LogP contribution in [-0.2, 0) is 9.53 Å². The standard InChI is InChI=1S/C13H14O6/c1-16-10-4-7-9(5-11(10)17-2)19-6-8(14)12(7)13(15)18-3/h4-5,14H,6H2,1-3H3. The normalized spacial score (nSPS) is 13.4. The van der Waals surface area contributed by atoms with Gasteiger partial charge in [-0.05, 0) is 6.07 Å². The number of hydrogen-bond acceptors (Lipinski definition) is 6. The molecule has 1 N–H and O–H groups in total. The van der Waals surface area contributed by atoms with E-state index in [0.717, 1.165) is 0 Å². The maximum absolute atomic E-state index is 11.7. The topological polar surface area (TPSA) is 74.2 Å². The predicted octanol–water partition coefficient (Wildman–Crippen LogP) is 1.54. The highest BCUT2D eigenvalue weighted by Gasteiger charge is 2.28. The number of fused-ring (bicyclic) bond motifs is 1. The maximum atomic E-state index is 11.7. The SMILES string of the molecule is COC(=O)C1=C(O)COc2cc(OC)c(OC)cc21. The zero-order chi connectivity index (χ0) is 14.0. The Morgan fingerprint density at radius 2 is 1.84 bits per heavy atom. The van der Waals surface area contributed by atoms with Crippen molar-refractivity contribution in [1.82, 2.24) is 0 Å². The Morgan fingerprint density at radius 3 is 2.42 bits per heavy atom. The molecular weight excluding hydrogens is 252 g/mol. The van der Waals surface area contributed by atoms with Gasteiger partial charge in [0.1, 0.15) is 23.7 Å². The summed E-state index contributed by atoms with van der Waals surface area (Å²) in [5, 5.41) is 9.79. The Hall–Kier alpha value is -2.37. The molecule has 1 aromatic rings. The summed E-state index contributed by atoms with van der Waals surface area (Å²) in [6, 6.07) is 3.17. The first-order chi connectivity index (χ1) is 9.12. The molecule has 2 rings (SSSR count). The second-order valence-electron chi connectivity index (χ2n) is 3.81. The van der Waals surface area contributed by atoms with E-state index in [1.165, 1.54) is 21.3 Å². The maximum Gasteiger partial charge on any atom is 0.342 e. The van der Waals surface area contributed by atoms with Crippen LogP contribution in [0, 0.1) is 0 Å². The molecular formula is C13H14O6. The molecule has 0 amide bonds. The van der Waals surface area contributed by atoms with Gasteiger partial charge in [-0.15, -0.1) is 0 Å². The minimum atomic E-state index is -0.630. The van der Waals surface area contributed by atoms with Crippen molar-refractivity contribution in [1.29, 1.82) is 0 Å². The van der Waals surface area contributed by atoms with Crippen LogP contribution in [-0.4, -0.2) is 39.0 Å². The van der Waals surface area contributed by atoms with Gasteiger partial charge in [-0.3, -0.25) is 0 Å². The minimum absolute atomic E-state index is 0.0738. The molecule has 6 nitrogen and oxygen atoms in total. The Labute approximate surface area is 110 Å². The molecule has 1 aliphatic rings. The van der Waals surface area contributed by atoms with Crippen molar-refractivity contribution in [3.63, 3.8) is 0 Å². The first kappa shape index (κ1) is 13.1. The number of carbonyl (C=O) groups is 1. The van der Waals surface area contributed by atoms with Gasteiger partial charge in [0, 0.05) is 11.6 Å².